The molecule has 0 radical (unpaired) electrons. The van der Waals surface area contributed by atoms with Crippen molar-refractivity contribution in [2.45, 2.75) is 6.10 Å². The summed E-state index contributed by atoms with van der Waals surface area (Å²) in [7, 11) is 1.51. The summed E-state index contributed by atoms with van der Waals surface area (Å²) >= 11 is 0. The number of ether oxygens (including phenoxy) is 3. The van der Waals surface area contributed by atoms with Gasteiger partial charge in [0.25, 0.3) is 0 Å². The highest BCUT2D eigenvalue weighted by Gasteiger charge is 2.26. The molecule has 1 atom stereocenters. The molecule has 1 aliphatic heterocycles. The number of carbonyl (C=O) groups excluding carboxylic acids is 1. The maximum Gasteiger partial charge on any atom is 0.422 e. The Hall–Kier alpha value is -2.43. The number of nitrogens with zero attached hydrogens (tertiary/aromatic N) is 2. The Balaban J connectivity index is 2.05. The summed E-state index contributed by atoms with van der Waals surface area (Å²) in [5.41, 5.74) is 9.25. The third-order valence-corrected chi connectivity index (χ3v) is 2.77. The Labute approximate surface area is 116 Å². The molecule has 0 spiro atoms. The molecule has 1 unspecified atom stereocenters. The molecule has 6 heteroatoms. The van der Waals surface area contributed by atoms with Crippen molar-refractivity contribution in [1.82, 2.24) is 0 Å². The molecule has 0 fully saturated rings. The van der Waals surface area contributed by atoms with Gasteiger partial charge in [0.1, 0.15) is 18.5 Å². The molecule has 2 rings (SSSR count). The van der Waals surface area contributed by atoms with Gasteiger partial charge in [0.05, 0.1) is 19.3 Å². The number of esters is 1. The number of benzene rings is 1. The summed E-state index contributed by atoms with van der Waals surface area (Å²) in [5, 5.41) is 0. The Morgan fingerprint density at radius 3 is 3.05 bits per heavy atom. The van der Waals surface area contributed by atoms with Crippen molar-refractivity contribution in [3.05, 3.63) is 47.5 Å². The molecule has 0 saturated heterocycles. The van der Waals surface area contributed by atoms with E-state index in [0.29, 0.717) is 17.9 Å². The predicted octanol–water partition coefficient (Wildman–Crippen LogP) is 1.21. The summed E-state index contributed by atoms with van der Waals surface area (Å²) in [6.45, 7) is 0.595. The number of carbonyl (C=O) groups is 1. The molecular formula is C14H14N2O4. The van der Waals surface area contributed by atoms with Gasteiger partial charge in [-0.1, -0.05) is 18.2 Å². The van der Waals surface area contributed by atoms with E-state index in [1.165, 1.54) is 7.11 Å². The SMILES string of the molecule is COc1cccc(C(=[N+]=[N-])C(=O)OCC2C=CCO2)c1. The van der Waals surface area contributed by atoms with Crippen molar-refractivity contribution in [1.29, 1.82) is 0 Å². The first-order valence-electron chi connectivity index (χ1n) is 6.06. The fourth-order valence-corrected chi connectivity index (χ4v) is 1.76. The zero-order chi connectivity index (χ0) is 14.4. The van der Waals surface area contributed by atoms with Gasteiger partial charge in [-0.2, -0.15) is 4.79 Å². The van der Waals surface area contributed by atoms with Gasteiger partial charge in [-0.05, 0) is 18.2 Å². The molecular weight excluding hydrogens is 260 g/mol. The summed E-state index contributed by atoms with van der Waals surface area (Å²) in [6, 6.07) is 6.63. The molecule has 0 saturated carbocycles. The third-order valence-electron chi connectivity index (χ3n) is 2.77. The van der Waals surface area contributed by atoms with Crippen LogP contribution in [0.1, 0.15) is 5.56 Å². The van der Waals surface area contributed by atoms with Gasteiger partial charge in [-0.15, -0.1) is 0 Å². The van der Waals surface area contributed by atoms with Crippen molar-refractivity contribution >= 4 is 11.7 Å². The van der Waals surface area contributed by atoms with Gasteiger partial charge in [0, 0.05) is 0 Å². The highest BCUT2D eigenvalue weighted by molar-refractivity contribution is 6.40. The Morgan fingerprint density at radius 1 is 1.55 bits per heavy atom. The van der Waals surface area contributed by atoms with Crippen LogP contribution in [0.4, 0.5) is 0 Å². The molecule has 0 N–H and O–H groups in total. The van der Waals surface area contributed by atoms with Crippen molar-refractivity contribution in [3.63, 3.8) is 0 Å². The second-order valence-electron chi connectivity index (χ2n) is 4.08. The molecule has 0 aromatic heterocycles. The highest BCUT2D eigenvalue weighted by atomic mass is 16.6. The number of methoxy groups -OCH3 is 1. The van der Waals surface area contributed by atoms with E-state index >= 15 is 0 Å². The van der Waals surface area contributed by atoms with Crippen LogP contribution in [0.3, 0.4) is 0 Å². The van der Waals surface area contributed by atoms with Crippen LogP contribution in [0.15, 0.2) is 36.4 Å². The van der Waals surface area contributed by atoms with Crippen LogP contribution < -0.4 is 4.74 Å². The zero-order valence-electron chi connectivity index (χ0n) is 11.0. The first-order chi connectivity index (χ1) is 9.74. The van der Waals surface area contributed by atoms with Crippen molar-refractivity contribution < 1.29 is 23.8 Å². The van der Waals surface area contributed by atoms with Crippen molar-refractivity contribution in [3.8, 4) is 5.75 Å². The summed E-state index contributed by atoms with van der Waals surface area (Å²) < 4.78 is 15.4. The summed E-state index contributed by atoms with van der Waals surface area (Å²) in [6.07, 6.45) is 3.42. The van der Waals surface area contributed by atoms with Gasteiger partial charge in [-0.25, -0.2) is 4.79 Å². The lowest BCUT2D eigenvalue weighted by Crippen LogP contribution is -2.24. The highest BCUT2D eigenvalue weighted by Crippen LogP contribution is 2.13. The van der Waals surface area contributed by atoms with Crippen LogP contribution >= 0.6 is 0 Å². The zero-order valence-corrected chi connectivity index (χ0v) is 11.0. The van der Waals surface area contributed by atoms with Crippen LogP contribution in [0.5, 0.6) is 5.75 Å². The molecule has 1 aromatic carbocycles. The lowest BCUT2D eigenvalue weighted by molar-refractivity contribution is -0.142. The molecule has 1 heterocycles. The lowest BCUT2D eigenvalue weighted by Gasteiger charge is -2.07. The van der Waals surface area contributed by atoms with E-state index in [1.807, 2.05) is 12.2 Å². The number of hydrogen-bond acceptors (Lipinski definition) is 4. The Kier molecular flexibility index (Phi) is 4.65. The quantitative estimate of drug-likeness (QED) is 0.266. The molecule has 1 aromatic rings. The molecule has 104 valence electrons. The van der Waals surface area contributed by atoms with E-state index in [4.69, 9.17) is 19.7 Å². The fraction of sp³-hybridized carbons (Fsp3) is 0.286. The molecule has 0 aliphatic carbocycles. The van der Waals surface area contributed by atoms with Crippen molar-refractivity contribution in [2.75, 3.05) is 20.3 Å². The second-order valence-corrected chi connectivity index (χ2v) is 4.08. The second kappa shape index (κ2) is 6.65. The minimum Gasteiger partial charge on any atom is -0.497 e. The van der Waals surface area contributed by atoms with Gasteiger partial charge in [0.2, 0.25) is 0 Å². The largest absolute Gasteiger partial charge is 0.497 e. The lowest BCUT2D eigenvalue weighted by atomic mass is 10.1. The Bertz CT molecular complexity index is 576. The van der Waals surface area contributed by atoms with Gasteiger partial charge < -0.3 is 19.7 Å². The fourth-order valence-electron chi connectivity index (χ4n) is 1.76. The summed E-state index contributed by atoms with van der Waals surface area (Å²) in [5.74, 6) is -0.164. The van der Waals surface area contributed by atoms with Gasteiger partial charge in [0.15, 0.2) is 0 Å². The Morgan fingerprint density at radius 2 is 2.40 bits per heavy atom. The van der Waals surface area contributed by atoms with E-state index in [0.717, 1.165) is 0 Å². The average molecular weight is 274 g/mol. The number of hydrogen-bond donors (Lipinski definition) is 0. The van der Waals surface area contributed by atoms with Crippen LogP contribution in [-0.4, -0.2) is 42.9 Å². The molecule has 6 nitrogen and oxygen atoms in total. The first-order valence-corrected chi connectivity index (χ1v) is 6.06. The minimum atomic E-state index is -0.718. The van der Waals surface area contributed by atoms with Crippen LogP contribution in [0.2, 0.25) is 0 Å². The number of rotatable bonds is 5. The topological polar surface area (TPSA) is 81.2 Å². The van der Waals surface area contributed by atoms with E-state index < -0.39 is 5.97 Å². The van der Waals surface area contributed by atoms with Crippen molar-refractivity contribution in [2.24, 2.45) is 0 Å². The van der Waals surface area contributed by atoms with Crippen LogP contribution in [0, 0.1) is 0 Å². The smallest absolute Gasteiger partial charge is 0.422 e. The average Bonchev–Trinajstić information content (AvgIpc) is 2.99. The first kappa shape index (κ1) is 14.0. The molecule has 1 aliphatic rings. The van der Waals surface area contributed by atoms with E-state index in [-0.39, 0.29) is 18.4 Å². The minimum absolute atomic E-state index is 0.0817. The normalized spacial score (nSPS) is 16.6. The van der Waals surface area contributed by atoms with E-state index in [2.05, 4.69) is 4.79 Å². The predicted molar refractivity (Wildman–Crippen MR) is 70.6 cm³/mol. The molecule has 0 amide bonds. The standard InChI is InChI=1S/C14H14N2O4/c1-18-11-5-2-4-10(8-11)13(16-15)14(17)20-9-12-6-3-7-19-12/h2-6,8,12H,7,9H2,1H3. The monoisotopic (exact) mass is 274 g/mol. The van der Waals surface area contributed by atoms with Crippen LogP contribution in [0.25, 0.3) is 5.53 Å². The molecule has 0 bridgehead atoms. The maximum absolute atomic E-state index is 11.9. The van der Waals surface area contributed by atoms with Gasteiger partial charge >= 0.3 is 11.7 Å². The molecule has 20 heavy (non-hydrogen) atoms. The van der Waals surface area contributed by atoms with E-state index in [9.17, 15) is 4.79 Å². The van der Waals surface area contributed by atoms with Crippen LogP contribution in [-0.2, 0) is 14.3 Å². The maximum atomic E-state index is 11.9. The summed E-state index contributed by atoms with van der Waals surface area (Å²) in [4.78, 5) is 14.9. The van der Waals surface area contributed by atoms with E-state index in [1.54, 1.807) is 24.3 Å². The third kappa shape index (κ3) is 3.32. The van der Waals surface area contributed by atoms with Gasteiger partial charge in [-0.3, -0.25) is 0 Å².